The molecule has 1 fully saturated rings. The number of hydrogen-bond acceptors (Lipinski definition) is 2. The van der Waals surface area contributed by atoms with Gasteiger partial charge in [-0.2, -0.15) is 0 Å². The van der Waals surface area contributed by atoms with Gasteiger partial charge in [-0.15, -0.1) is 0 Å². The average Bonchev–Trinajstić information content (AvgIpc) is 2.48. The molecule has 0 atom stereocenters. The Balaban J connectivity index is 1.97. The van der Waals surface area contributed by atoms with Gasteiger partial charge in [0.25, 0.3) is 0 Å². The number of rotatable bonds is 4. The van der Waals surface area contributed by atoms with E-state index in [2.05, 4.69) is 50.0 Å². The Kier molecular flexibility index (Phi) is 5.04. The Hall–Kier alpha value is -1.35. The minimum absolute atomic E-state index is 0.163. The van der Waals surface area contributed by atoms with E-state index in [1.807, 2.05) is 12.1 Å². The molecule has 0 radical (unpaired) electrons. The van der Waals surface area contributed by atoms with Crippen molar-refractivity contribution in [3.05, 3.63) is 29.8 Å². The minimum Gasteiger partial charge on any atom is -0.326 e. The monoisotopic (exact) mass is 288 g/mol. The molecule has 0 spiro atoms. The molecular formula is C18H28N2O. The smallest absolute Gasteiger partial charge is 0.230 e. The summed E-state index contributed by atoms with van der Waals surface area (Å²) in [4.78, 5) is 15.0. The van der Waals surface area contributed by atoms with Crippen LogP contribution in [0.25, 0.3) is 0 Å². The second kappa shape index (κ2) is 6.61. The van der Waals surface area contributed by atoms with Crippen molar-refractivity contribution in [3.63, 3.8) is 0 Å². The molecule has 1 aromatic carbocycles. The lowest BCUT2D eigenvalue weighted by Crippen LogP contribution is -2.44. The number of hydrogen-bond donors (Lipinski definition) is 1. The van der Waals surface area contributed by atoms with E-state index in [9.17, 15) is 4.79 Å². The van der Waals surface area contributed by atoms with Gasteiger partial charge < -0.3 is 10.2 Å². The SMILES string of the molecule is CCN1CCC(C)(C(=O)Nc2ccc(C(C)C)cc2)CC1. The lowest BCUT2D eigenvalue weighted by molar-refractivity contribution is -0.127. The number of likely N-dealkylation sites (tertiary alicyclic amines) is 1. The Morgan fingerprint density at radius 3 is 2.29 bits per heavy atom. The number of carbonyl (C=O) groups excluding carboxylic acids is 1. The van der Waals surface area contributed by atoms with Crippen molar-refractivity contribution in [2.75, 3.05) is 25.0 Å². The Labute approximate surface area is 128 Å². The number of carbonyl (C=O) groups is 1. The van der Waals surface area contributed by atoms with Gasteiger partial charge in [-0.25, -0.2) is 0 Å². The van der Waals surface area contributed by atoms with Gasteiger partial charge in [0.1, 0.15) is 0 Å². The Bertz CT molecular complexity index is 470. The van der Waals surface area contributed by atoms with E-state index in [4.69, 9.17) is 0 Å². The van der Waals surface area contributed by atoms with Crippen LogP contribution in [-0.2, 0) is 4.79 Å². The first-order chi connectivity index (χ1) is 9.94. The van der Waals surface area contributed by atoms with Crippen molar-refractivity contribution in [1.29, 1.82) is 0 Å². The molecule has 0 aliphatic carbocycles. The van der Waals surface area contributed by atoms with Gasteiger partial charge >= 0.3 is 0 Å². The molecule has 0 aromatic heterocycles. The summed E-state index contributed by atoms with van der Waals surface area (Å²) in [5.74, 6) is 0.682. The van der Waals surface area contributed by atoms with Crippen LogP contribution < -0.4 is 5.32 Å². The van der Waals surface area contributed by atoms with E-state index in [0.29, 0.717) is 5.92 Å². The van der Waals surface area contributed by atoms with E-state index in [-0.39, 0.29) is 11.3 Å². The van der Waals surface area contributed by atoms with Gasteiger partial charge in [-0.1, -0.05) is 39.8 Å². The molecule has 2 rings (SSSR count). The highest BCUT2D eigenvalue weighted by Gasteiger charge is 2.36. The number of nitrogens with one attached hydrogen (secondary N) is 1. The van der Waals surface area contributed by atoms with Gasteiger partial charge in [0.2, 0.25) is 5.91 Å². The van der Waals surface area contributed by atoms with Crippen molar-refractivity contribution in [3.8, 4) is 0 Å². The first-order valence-electron chi connectivity index (χ1n) is 8.08. The van der Waals surface area contributed by atoms with Crippen LogP contribution in [0, 0.1) is 5.41 Å². The third-order valence-corrected chi connectivity index (χ3v) is 4.79. The Morgan fingerprint density at radius 2 is 1.81 bits per heavy atom. The summed E-state index contributed by atoms with van der Waals surface area (Å²) in [7, 11) is 0. The molecule has 1 N–H and O–H groups in total. The summed E-state index contributed by atoms with van der Waals surface area (Å²) >= 11 is 0. The fourth-order valence-electron chi connectivity index (χ4n) is 2.82. The average molecular weight is 288 g/mol. The summed E-state index contributed by atoms with van der Waals surface area (Å²) in [5.41, 5.74) is 1.97. The second-order valence-electron chi connectivity index (χ2n) is 6.73. The molecule has 21 heavy (non-hydrogen) atoms. The molecule has 0 saturated carbocycles. The summed E-state index contributed by atoms with van der Waals surface area (Å²) in [6.45, 7) is 11.7. The first-order valence-corrected chi connectivity index (χ1v) is 8.08. The molecule has 3 heteroatoms. The van der Waals surface area contributed by atoms with Crippen LogP contribution in [-0.4, -0.2) is 30.4 Å². The molecular weight excluding hydrogens is 260 g/mol. The lowest BCUT2D eigenvalue weighted by atomic mass is 9.79. The van der Waals surface area contributed by atoms with Gasteiger partial charge in [-0.05, 0) is 56.1 Å². The fourth-order valence-corrected chi connectivity index (χ4v) is 2.82. The maximum atomic E-state index is 12.6. The highest BCUT2D eigenvalue weighted by atomic mass is 16.2. The quantitative estimate of drug-likeness (QED) is 0.912. The van der Waals surface area contributed by atoms with Gasteiger partial charge in [-0.3, -0.25) is 4.79 Å². The maximum Gasteiger partial charge on any atom is 0.230 e. The van der Waals surface area contributed by atoms with Crippen molar-refractivity contribution in [1.82, 2.24) is 4.90 Å². The normalized spacial score (nSPS) is 18.7. The van der Waals surface area contributed by atoms with E-state index in [0.717, 1.165) is 38.2 Å². The second-order valence-corrected chi connectivity index (χ2v) is 6.73. The molecule has 1 aromatic rings. The highest BCUT2D eigenvalue weighted by molar-refractivity contribution is 5.95. The largest absolute Gasteiger partial charge is 0.326 e. The molecule has 1 heterocycles. The molecule has 0 unspecified atom stereocenters. The standard InChI is InChI=1S/C18H28N2O/c1-5-20-12-10-18(4,11-13-20)17(21)19-16-8-6-15(7-9-16)14(2)3/h6-9,14H,5,10-13H2,1-4H3,(H,19,21). The zero-order valence-corrected chi connectivity index (χ0v) is 13.8. The summed E-state index contributed by atoms with van der Waals surface area (Å²) in [5, 5.41) is 3.09. The van der Waals surface area contributed by atoms with Crippen molar-refractivity contribution >= 4 is 11.6 Å². The van der Waals surface area contributed by atoms with E-state index < -0.39 is 0 Å². The van der Waals surface area contributed by atoms with Crippen LogP contribution in [0.1, 0.15) is 52.0 Å². The molecule has 1 aliphatic rings. The van der Waals surface area contributed by atoms with Gasteiger partial charge in [0.15, 0.2) is 0 Å². The number of piperidine rings is 1. The van der Waals surface area contributed by atoms with Gasteiger partial charge in [0, 0.05) is 11.1 Å². The summed E-state index contributed by atoms with van der Waals surface area (Å²) in [6, 6.07) is 8.22. The first kappa shape index (κ1) is 16.0. The predicted molar refractivity (Wildman–Crippen MR) is 88.6 cm³/mol. The van der Waals surface area contributed by atoms with Gasteiger partial charge in [0.05, 0.1) is 0 Å². The molecule has 116 valence electrons. The third-order valence-electron chi connectivity index (χ3n) is 4.79. The zero-order valence-electron chi connectivity index (χ0n) is 13.8. The third kappa shape index (κ3) is 3.85. The molecule has 3 nitrogen and oxygen atoms in total. The highest BCUT2D eigenvalue weighted by Crippen LogP contribution is 2.32. The Morgan fingerprint density at radius 1 is 1.24 bits per heavy atom. The zero-order chi connectivity index (χ0) is 15.5. The fraction of sp³-hybridized carbons (Fsp3) is 0.611. The molecule has 1 saturated heterocycles. The maximum absolute atomic E-state index is 12.6. The summed E-state index contributed by atoms with van der Waals surface area (Å²) in [6.07, 6.45) is 1.88. The summed E-state index contributed by atoms with van der Waals surface area (Å²) < 4.78 is 0. The van der Waals surface area contributed by atoms with E-state index >= 15 is 0 Å². The van der Waals surface area contributed by atoms with Crippen LogP contribution >= 0.6 is 0 Å². The van der Waals surface area contributed by atoms with Crippen molar-refractivity contribution in [2.24, 2.45) is 5.41 Å². The number of nitrogens with zero attached hydrogens (tertiary/aromatic N) is 1. The molecule has 0 bridgehead atoms. The minimum atomic E-state index is -0.234. The number of anilines is 1. The van der Waals surface area contributed by atoms with Crippen molar-refractivity contribution < 1.29 is 4.79 Å². The van der Waals surface area contributed by atoms with Crippen LogP contribution in [0.5, 0.6) is 0 Å². The molecule has 1 aliphatic heterocycles. The lowest BCUT2D eigenvalue weighted by Gasteiger charge is -2.37. The van der Waals surface area contributed by atoms with E-state index in [1.165, 1.54) is 5.56 Å². The number of amides is 1. The van der Waals surface area contributed by atoms with Crippen LogP contribution in [0.4, 0.5) is 5.69 Å². The predicted octanol–water partition coefficient (Wildman–Crippen LogP) is 3.87. The van der Waals surface area contributed by atoms with Crippen molar-refractivity contribution in [2.45, 2.75) is 46.5 Å². The molecule has 1 amide bonds. The van der Waals surface area contributed by atoms with E-state index in [1.54, 1.807) is 0 Å². The topological polar surface area (TPSA) is 32.3 Å². The van der Waals surface area contributed by atoms with Crippen LogP contribution in [0.15, 0.2) is 24.3 Å². The number of benzene rings is 1. The van der Waals surface area contributed by atoms with Crippen LogP contribution in [0.2, 0.25) is 0 Å². The van der Waals surface area contributed by atoms with Crippen LogP contribution in [0.3, 0.4) is 0 Å².